The molecule has 0 heterocycles. The normalized spacial score (nSPS) is 18.1. The number of hydrogen-bond donors (Lipinski definition) is 0. The molecule has 0 unspecified atom stereocenters. The van der Waals surface area contributed by atoms with Crippen molar-refractivity contribution in [3.05, 3.63) is 21.8 Å². The van der Waals surface area contributed by atoms with Gasteiger partial charge in [0.2, 0.25) is 0 Å². The maximum atomic E-state index is 2.31. The van der Waals surface area contributed by atoms with Crippen molar-refractivity contribution >= 4 is 0 Å². The van der Waals surface area contributed by atoms with Crippen LogP contribution in [-0.4, -0.2) is 4.93 Å². The Bertz CT molecular complexity index is 111. The molecule has 0 aromatic carbocycles. The minimum atomic E-state index is 0.378. The van der Waals surface area contributed by atoms with Crippen molar-refractivity contribution < 1.29 is 21.2 Å². The molecule has 0 amide bonds. The second kappa shape index (κ2) is 2.50. The molecule has 0 nitrogen and oxygen atoms in total. The molecule has 1 heteroatoms. The molecule has 0 aromatic heterocycles. The molecule has 1 rings (SSSR count). The van der Waals surface area contributed by atoms with E-state index in [1.807, 2.05) is 0 Å². The molecule has 1 aliphatic rings. The summed E-state index contributed by atoms with van der Waals surface area (Å²) >= 11 is 0.378. The molecule has 0 radical (unpaired) electrons. The first kappa shape index (κ1) is 5.35. The SMILES string of the molecule is C[I-]C1=CCC=C1. The molecule has 0 aromatic rings. The monoisotopic (exact) mass is 207 g/mol. The van der Waals surface area contributed by atoms with E-state index in [1.165, 1.54) is 6.42 Å². The van der Waals surface area contributed by atoms with Crippen molar-refractivity contribution in [2.45, 2.75) is 6.42 Å². The van der Waals surface area contributed by atoms with Gasteiger partial charge in [-0.1, -0.05) is 0 Å². The van der Waals surface area contributed by atoms with Crippen molar-refractivity contribution in [3.63, 3.8) is 0 Å². The Labute approximate surface area is 54.6 Å². The van der Waals surface area contributed by atoms with Crippen LogP contribution in [0.4, 0.5) is 0 Å². The Kier molecular flexibility index (Phi) is 1.91. The molecular formula is C6H8I-. The van der Waals surface area contributed by atoms with Gasteiger partial charge in [-0.3, -0.25) is 0 Å². The third-order valence-electron chi connectivity index (χ3n) is 0.944. The van der Waals surface area contributed by atoms with Crippen LogP contribution in [0.15, 0.2) is 21.8 Å². The Balaban J connectivity index is 2.52. The van der Waals surface area contributed by atoms with E-state index < -0.39 is 0 Å². The van der Waals surface area contributed by atoms with Gasteiger partial charge in [0, 0.05) is 0 Å². The molecule has 0 fully saturated rings. The number of hydrogen-bond acceptors (Lipinski definition) is 0. The quantitative estimate of drug-likeness (QED) is 0.364. The Hall–Kier alpha value is 0.210. The van der Waals surface area contributed by atoms with Gasteiger partial charge >= 0.3 is 54.4 Å². The van der Waals surface area contributed by atoms with Crippen LogP contribution >= 0.6 is 0 Å². The predicted octanol–water partition coefficient (Wildman–Crippen LogP) is -1.45. The van der Waals surface area contributed by atoms with Gasteiger partial charge in [-0.2, -0.15) is 0 Å². The van der Waals surface area contributed by atoms with E-state index in [1.54, 1.807) is 3.58 Å². The van der Waals surface area contributed by atoms with Crippen LogP contribution in [0.3, 0.4) is 0 Å². The van der Waals surface area contributed by atoms with Crippen molar-refractivity contribution in [2.75, 3.05) is 4.93 Å². The fourth-order valence-corrected chi connectivity index (χ4v) is 1.88. The summed E-state index contributed by atoms with van der Waals surface area (Å²) in [5, 5.41) is 0. The zero-order chi connectivity index (χ0) is 5.11. The van der Waals surface area contributed by atoms with Gasteiger partial charge < -0.3 is 0 Å². The fraction of sp³-hybridized carbons (Fsp3) is 0.333. The topological polar surface area (TPSA) is 0 Å². The third kappa shape index (κ3) is 1.30. The molecular weight excluding hydrogens is 199 g/mol. The molecule has 0 saturated heterocycles. The minimum absolute atomic E-state index is 0.378. The average Bonchev–Trinajstić information content (AvgIpc) is 2.14. The molecule has 0 atom stereocenters. The zero-order valence-electron chi connectivity index (χ0n) is 4.32. The van der Waals surface area contributed by atoms with Crippen molar-refractivity contribution in [1.29, 1.82) is 0 Å². The average molecular weight is 207 g/mol. The second-order valence-corrected chi connectivity index (χ2v) is 3.74. The van der Waals surface area contributed by atoms with Gasteiger partial charge in [0.05, 0.1) is 0 Å². The molecule has 0 aliphatic heterocycles. The summed E-state index contributed by atoms with van der Waals surface area (Å²) in [4.78, 5) is 2.29. The van der Waals surface area contributed by atoms with E-state index >= 15 is 0 Å². The zero-order valence-corrected chi connectivity index (χ0v) is 6.47. The van der Waals surface area contributed by atoms with E-state index in [0.717, 1.165) is 0 Å². The Morgan fingerprint density at radius 1 is 1.71 bits per heavy atom. The Morgan fingerprint density at radius 2 is 2.57 bits per heavy atom. The van der Waals surface area contributed by atoms with E-state index in [-0.39, 0.29) is 0 Å². The van der Waals surface area contributed by atoms with Gasteiger partial charge in [0.15, 0.2) is 0 Å². The van der Waals surface area contributed by atoms with Crippen molar-refractivity contribution in [1.82, 2.24) is 0 Å². The summed E-state index contributed by atoms with van der Waals surface area (Å²) in [6.45, 7) is 0. The van der Waals surface area contributed by atoms with Gasteiger partial charge in [0.1, 0.15) is 0 Å². The first-order chi connectivity index (χ1) is 3.43. The summed E-state index contributed by atoms with van der Waals surface area (Å²) in [7, 11) is 0. The Morgan fingerprint density at radius 3 is 2.86 bits per heavy atom. The molecule has 0 bridgehead atoms. The standard InChI is InChI=1S/C6H8I/c1-7-6-4-2-3-5-6/h2,4-5H,3H2,1H3/q-1. The molecule has 1 aliphatic carbocycles. The van der Waals surface area contributed by atoms with Gasteiger partial charge in [-0.15, -0.1) is 0 Å². The number of alkyl halides is 1. The summed E-state index contributed by atoms with van der Waals surface area (Å²) in [6, 6.07) is 0. The van der Waals surface area contributed by atoms with Crippen molar-refractivity contribution in [3.8, 4) is 0 Å². The summed E-state index contributed by atoms with van der Waals surface area (Å²) in [5.74, 6) is 0. The van der Waals surface area contributed by atoms with Crippen LogP contribution in [0, 0.1) is 0 Å². The number of rotatable bonds is 1. The summed E-state index contributed by atoms with van der Waals surface area (Å²) in [6.07, 6.45) is 7.96. The maximum absolute atomic E-state index is 2.31. The molecule has 40 valence electrons. The molecule has 0 spiro atoms. The van der Waals surface area contributed by atoms with Crippen LogP contribution in [-0.2, 0) is 0 Å². The van der Waals surface area contributed by atoms with Crippen LogP contribution in [0.5, 0.6) is 0 Å². The van der Waals surface area contributed by atoms with Crippen LogP contribution < -0.4 is 21.2 Å². The molecule has 7 heavy (non-hydrogen) atoms. The van der Waals surface area contributed by atoms with Gasteiger partial charge in [-0.25, -0.2) is 0 Å². The second-order valence-electron chi connectivity index (χ2n) is 1.42. The third-order valence-corrected chi connectivity index (χ3v) is 2.99. The van der Waals surface area contributed by atoms with Crippen molar-refractivity contribution in [2.24, 2.45) is 0 Å². The predicted molar refractivity (Wildman–Crippen MR) is 27.8 cm³/mol. The first-order valence-corrected chi connectivity index (χ1v) is 5.53. The van der Waals surface area contributed by atoms with Crippen LogP contribution in [0.2, 0.25) is 0 Å². The van der Waals surface area contributed by atoms with Crippen LogP contribution in [0.25, 0.3) is 0 Å². The first-order valence-electron chi connectivity index (χ1n) is 2.29. The fourth-order valence-electron chi connectivity index (χ4n) is 0.569. The van der Waals surface area contributed by atoms with Gasteiger partial charge in [-0.05, 0) is 0 Å². The number of halogens is 1. The summed E-state index contributed by atoms with van der Waals surface area (Å²) < 4.78 is 1.60. The molecule has 0 saturated carbocycles. The van der Waals surface area contributed by atoms with Gasteiger partial charge in [0.25, 0.3) is 0 Å². The van der Waals surface area contributed by atoms with Crippen LogP contribution in [0.1, 0.15) is 6.42 Å². The molecule has 0 N–H and O–H groups in total. The van der Waals surface area contributed by atoms with E-state index in [0.29, 0.717) is 21.2 Å². The van der Waals surface area contributed by atoms with E-state index in [2.05, 4.69) is 23.2 Å². The number of allylic oxidation sites excluding steroid dienone is 4. The van der Waals surface area contributed by atoms with E-state index in [9.17, 15) is 0 Å². The summed E-state index contributed by atoms with van der Waals surface area (Å²) in [5.41, 5.74) is 0. The van der Waals surface area contributed by atoms with E-state index in [4.69, 9.17) is 0 Å².